The summed E-state index contributed by atoms with van der Waals surface area (Å²) in [6.07, 6.45) is 4.76. The third kappa shape index (κ3) is 4.64. The Balaban J connectivity index is 2.58. The van der Waals surface area contributed by atoms with Crippen LogP contribution in [0.2, 0.25) is 0 Å². The predicted molar refractivity (Wildman–Crippen MR) is 70.2 cm³/mol. The van der Waals surface area contributed by atoms with Crippen molar-refractivity contribution in [3.63, 3.8) is 0 Å². The summed E-state index contributed by atoms with van der Waals surface area (Å²) in [5, 5.41) is 11.7. The molecule has 0 spiro atoms. The number of nitriles is 1. The van der Waals surface area contributed by atoms with Gasteiger partial charge in [0.25, 0.3) is 0 Å². The Morgan fingerprint density at radius 3 is 2.53 bits per heavy atom. The lowest BCUT2D eigenvalue weighted by molar-refractivity contribution is -0.135. The summed E-state index contributed by atoms with van der Waals surface area (Å²) in [5.41, 5.74) is 0. The number of carbonyl (C=O) groups excluding carboxylic acids is 2. The average molecular weight is 266 g/mol. The molecule has 19 heavy (non-hydrogen) atoms. The number of methoxy groups -OCH3 is 1. The zero-order valence-corrected chi connectivity index (χ0v) is 11.6. The van der Waals surface area contributed by atoms with Gasteiger partial charge < -0.3 is 10.1 Å². The van der Waals surface area contributed by atoms with E-state index in [1.54, 1.807) is 6.92 Å². The number of hydrogen-bond acceptors (Lipinski definition) is 4. The molecule has 5 heteroatoms. The average Bonchev–Trinajstić information content (AvgIpc) is 2.40. The van der Waals surface area contributed by atoms with Crippen molar-refractivity contribution in [3.05, 3.63) is 0 Å². The number of rotatable bonds is 6. The molecule has 1 saturated carbocycles. The smallest absolute Gasteiger partial charge is 0.245 e. The monoisotopic (exact) mass is 266 g/mol. The van der Waals surface area contributed by atoms with E-state index in [0.717, 1.165) is 32.1 Å². The van der Waals surface area contributed by atoms with Crippen molar-refractivity contribution >= 4 is 11.7 Å². The van der Waals surface area contributed by atoms with Gasteiger partial charge in [0.05, 0.1) is 12.7 Å². The molecule has 1 rings (SSSR count). The van der Waals surface area contributed by atoms with Crippen LogP contribution in [0.1, 0.15) is 39.0 Å². The molecular weight excluding hydrogens is 244 g/mol. The van der Waals surface area contributed by atoms with Crippen LogP contribution in [0, 0.1) is 23.2 Å². The molecule has 2 unspecified atom stereocenters. The van der Waals surface area contributed by atoms with E-state index in [0.29, 0.717) is 6.61 Å². The predicted octanol–water partition coefficient (Wildman–Crippen LogP) is 1.43. The number of ether oxygens (including phenoxy) is 1. The van der Waals surface area contributed by atoms with E-state index in [2.05, 4.69) is 5.32 Å². The molecule has 1 N–H and O–H groups in total. The van der Waals surface area contributed by atoms with Crippen molar-refractivity contribution in [1.82, 2.24) is 5.32 Å². The minimum Gasteiger partial charge on any atom is -0.383 e. The molecule has 0 heterocycles. The standard InChI is InChI=1S/C14H22N2O3/c1-10(9-19-2)16-14(18)12(8-15)13(17)11-6-4-3-5-7-11/h10-12H,3-7,9H2,1-2H3,(H,16,18). The van der Waals surface area contributed by atoms with Gasteiger partial charge in [0, 0.05) is 19.1 Å². The second-order valence-electron chi connectivity index (χ2n) is 5.16. The van der Waals surface area contributed by atoms with Gasteiger partial charge in [-0.3, -0.25) is 9.59 Å². The minimum absolute atomic E-state index is 0.123. The number of nitrogens with zero attached hydrogens (tertiary/aromatic N) is 1. The quantitative estimate of drug-likeness (QED) is 0.737. The number of hydrogen-bond donors (Lipinski definition) is 1. The van der Waals surface area contributed by atoms with Gasteiger partial charge >= 0.3 is 0 Å². The van der Waals surface area contributed by atoms with Crippen LogP contribution in [0.15, 0.2) is 0 Å². The molecule has 0 radical (unpaired) electrons. The maximum atomic E-state index is 12.2. The number of ketones is 1. The summed E-state index contributed by atoms with van der Waals surface area (Å²) in [6.45, 7) is 2.14. The van der Waals surface area contributed by atoms with Crippen LogP contribution >= 0.6 is 0 Å². The summed E-state index contributed by atoms with van der Waals surface area (Å²) in [7, 11) is 1.54. The number of amides is 1. The van der Waals surface area contributed by atoms with E-state index in [4.69, 9.17) is 10.00 Å². The summed E-state index contributed by atoms with van der Waals surface area (Å²) >= 11 is 0. The molecule has 1 amide bonds. The highest BCUT2D eigenvalue weighted by atomic mass is 16.5. The molecule has 0 aliphatic heterocycles. The Labute approximate surface area is 114 Å². The molecule has 106 valence electrons. The maximum Gasteiger partial charge on any atom is 0.245 e. The second kappa shape index (κ2) is 7.90. The van der Waals surface area contributed by atoms with Gasteiger partial charge in [-0.1, -0.05) is 19.3 Å². The summed E-state index contributed by atoms with van der Waals surface area (Å²) in [6, 6.07) is 1.64. The first-order chi connectivity index (χ1) is 9.10. The fraction of sp³-hybridized carbons (Fsp3) is 0.786. The Morgan fingerprint density at radius 2 is 2.00 bits per heavy atom. The van der Waals surface area contributed by atoms with Crippen molar-refractivity contribution in [1.29, 1.82) is 5.26 Å². The minimum atomic E-state index is -1.18. The van der Waals surface area contributed by atoms with E-state index < -0.39 is 11.8 Å². The third-order valence-electron chi connectivity index (χ3n) is 3.49. The number of nitrogens with one attached hydrogen (secondary N) is 1. The van der Waals surface area contributed by atoms with Crippen LogP contribution in [0.3, 0.4) is 0 Å². The first-order valence-corrected chi connectivity index (χ1v) is 6.82. The van der Waals surface area contributed by atoms with Crippen molar-refractivity contribution in [3.8, 4) is 6.07 Å². The van der Waals surface area contributed by atoms with Crippen molar-refractivity contribution in [2.75, 3.05) is 13.7 Å². The molecule has 1 fully saturated rings. The molecule has 0 aromatic heterocycles. The first-order valence-electron chi connectivity index (χ1n) is 6.82. The Morgan fingerprint density at radius 1 is 1.37 bits per heavy atom. The van der Waals surface area contributed by atoms with Crippen LogP contribution in [0.4, 0.5) is 0 Å². The highest BCUT2D eigenvalue weighted by molar-refractivity contribution is 6.05. The fourth-order valence-electron chi connectivity index (χ4n) is 2.49. The Kier molecular flexibility index (Phi) is 6.51. The molecule has 2 atom stereocenters. The van der Waals surface area contributed by atoms with Gasteiger partial charge in [-0.25, -0.2) is 0 Å². The van der Waals surface area contributed by atoms with E-state index in [1.807, 2.05) is 6.07 Å². The molecule has 5 nitrogen and oxygen atoms in total. The van der Waals surface area contributed by atoms with Gasteiger partial charge in [-0.2, -0.15) is 5.26 Å². The van der Waals surface area contributed by atoms with Crippen molar-refractivity contribution < 1.29 is 14.3 Å². The van der Waals surface area contributed by atoms with Crippen LogP contribution in [0.25, 0.3) is 0 Å². The van der Waals surface area contributed by atoms with Crippen LogP contribution in [0.5, 0.6) is 0 Å². The number of Topliss-reactive ketones (excluding diaryl/α,β-unsaturated/α-hetero) is 1. The largest absolute Gasteiger partial charge is 0.383 e. The van der Waals surface area contributed by atoms with Crippen molar-refractivity contribution in [2.45, 2.75) is 45.1 Å². The summed E-state index contributed by atoms with van der Waals surface area (Å²) in [4.78, 5) is 24.1. The molecule has 1 aliphatic rings. The lowest BCUT2D eigenvalue weighted by Gasteiger charge is -2.22. The highest BCUT2D eigenvalue weighted by Crippen LogP contribution is 2.26. The Bertz CT molecular complexity index is 356. The fourth-order valence-corrected chi connectivity index (χ4v) is 2.49. The lowest BCUT2D eigenvalue weighted by atomic mass is 9.81. The first kappa shape index (κ1) is 15.6. The van der Waals surface area contributed by atoms with E-state index in [1.165, 1.54) is 7.11 Å². The zero-order chi connectivity index (χ0) is 14.3. The van der Waals surface area contributed by atoms with Gasteiger partial charge in [-0.15, -0.1) is 0 Å². The molecule has 0 bridgehead atoms. The van der Waals surface area contributed by atoms with E-state index in [-0.39, 0.29) is 17.7 Å². The lowest BCUT2D eigenvalue weighted by Crippen LogP contribution is -2.43. The zero-order valence-electron chi connectivity index (χ0n) is 11.6. The topological polar surface area (TPSA) is 79.2 Å². The summed E-state index contributed by atoms with van der Waals surface area (Å²) in [5.74, 6) is -2.02. The molecule has 0 aromatic rings. The Hall–Kier alpha value is -1.41. The number of carbonyl (C=O) groups is 2. The van der Waals surface area contributed by atoms with Crippen LogP contribution in [-0.2, 0) is 14.3 Å². The summed E-state index contributed by atoms with van der Waals surface area (Å²) < 4.78 is 4.91. The van der Waals surface area contributed by atoms with E-state index >= 15 is 0 Å². The molecular formula is C14H22N2O3. The van der Waals surface area contributed by atoms with Gasteiger partial charge in [0.2, 0.25) is 5.91 Å². The van der Waals surface area contributed by atoms with Gasteiger partial charge in [0.15, 0.2) is 11.7 Å². The molecule has 0 aromatic carbocycles. The molecule has 1 aliphatic carbocycles. The second-order valence-corrected chi connectivity index (χ2v) is 5.16. The maximum absolute atomic E-state index is 12.2. The van der Waals surface area contributed by atoms with Crippen LogP contribution < -0.4 is 5.32 Å². The third-order valence-corrected chi connectivity index (χ3v) is 3.49. The molecule has 0 saturated heterocycles. The van der Waals surface area contributed by atoms with E-state index in [9.17, 15) is 9.59 Å². The van der Waals surface area contributed by atoms with Gasteiger partial charge in [-0.05, 0) is 19.8 Å². The normalized spacial score (nSPS) is 19.2. The highest BCUT2D eigenvalue weighted by Gasteiger charge is 2.33. The van der Waals surface area contributed by atoms with Gasteiger partial charge in [0.1, 0.15) is 0 Å². The SMILES string of the molecule is COCC(C)NC(=O)C(C#N)C(=O)C1CCCCC1. The van der Waals surface area contributed by atoms with Crippen molar-refractivity contribution in [2.24, 2.45) is 11.8 Å². The van der Waals surface area contributed by atoms with Crippen LogP contribution in [-0.4, -0.2) is 31.4 Å².